The predicted molar refractivity (Wildman–Crippen MR) is 75.9 cm³/mol. The molecule has 2 heterocycles. The van der Waals surface area contributed by atoms with Crippen LogP contribution in [-0.4, -0.2) is 33.4 Å². The first-order valence-electron chi connectivity index (χ1n) is 6.94. The number of hydrogen-bond acceptors (Lipinski definition) is 5. The molecule has 0 amide bonds. The van der Waals surface area contributed by atoms with Gasteiger partial charge < -0.3 is 10.5 Å². The third-order valence-electron chi connectivity index (χ3n) is 3.58. The minimum Gasteiger partial charge on any atom is -0.399 e. The van der Waals surface area contributed by atoms with Crippen LogP contribution in [0.25, 0.3) is 11.4 Å². The molecule has 1 atom stereocenters. The predicted octanol–water partition coefficient (Wildman–Crippen LogP) is 1.66. The van der Waals surface area contributed by atoms with Crippen molar-refractivity contribution in [2.75, 3.05) is 18.9 Å². The summed E-state index contributed by atoms with van der Waals surface area (Å²) in [7, 11) is 0. The van der Waals surface area contributed by atoms with Crippen LogP contribution in [0.3, 0.4) is 0 Å². The molecule has 0 bridgehead atoms. The van der Waals surface area contributed by atoms with Gasteiger partial charge in [0, 0.05) is 23.8 Å². The Morgan fingerprint density at radius 3 is 3.05 bits per heavy atom. The summed E-state index contributed by atoms with van der Waals surface area (Å²) in [4.78, 5) is 0. The lowest BCUT2D eigenvalue weighted by Gasteiger charge is -2.22. The van der Waals surface area contributed by atoms with E-state index >= 15 is 0 Å². The molecule has 3 rings (SSSR count). The summed E-state index contributed by atoms with van der Waals surface area (Å²) in [6, 6.07) is 5.90. The van der Waals surface area contributed by atoms with Crippen molar-refractivity contribution in [3.05, 3.63) is 23.8 Å². The summed E-state index contributed by atoms with van der Waals surface area (Å²) < 4.78 is 7.37. The quantitative estimate of drug-likeness (QED) is 0.860. The molecule has 1 fully saturated rings. The minimum atomic E-state index is 0.480. The number of nitrogens with zero attached hydrogens (tertiary/aromatic N) is 4. The minimum absolute atomic E-state index is 0.480. The zero-order valence-corrected chi connectivity index (χ0v) is 11.6. The fraction of sp³-hybridized carbons (Fsp3) is 0.500. The maximum absolute atomic E-state index is 5.90. The lowest BCUT2D eigenvalue weighted by Crippen LogP contribution is -2.23. The molecule has 1 aromatic heterocycles. The van der Waals surface area contributed by atoms with Gasteiger partial charge >= 0.3 is 0 Å². The van der Waals surface area contributed by atoms with Crippen molar-refractivity contribution in [2.24, 2.45) is 5.92 Å². The Hall–Kier alpha value is -1.95. The average molecular weight is 273 g/mol. The van der Waals surface area contributed by atoms with Crippen molar-refractivity contribution in [3.63, 3.8) is 0 Å². The molecule has 6 nitrogen and oxygen atoms in total. The zero-order chi connectivity index (χ0) is 13.9. The van der Waals surface area contributed by atoms with Crippen LogP contribution in [0, 0.1) is 12.8 Å². The van der Waals surface area contributed by atoms with Gasteiger partial charge in [-0.05, 0) is 54.0 Å². The third kappa shape index (κ3) is 2.80. The van der Waals surface area contributed by atoms with Gasteiger partial charge in [0.25, 0.3) is 0 Å². The highest BCUT2D eigenvalue weighted by Gasteiger charge is 2.18. The first kappa shape index (κ1) is 13.1. The number of aryl methyl sites for hydroxylation is 1. The number of nitrogens with two attached hydrogens (primary N) is 1. The molecule has 1 saturated heterocycles. The zero-order valence-electron chi connectivity index (χ0n) is 11.6. The van der Waals surface area contributed by atoms with Gasteiger partial charge in [-0.1, -0.05) is 0 Å². The Kier molecular flexibility index (Phi) is 3.64. The van der Waals surface area contributed by atoms with Crippen molar-refractivity contribution in [1.29, 1.82) is 0 Å². The number of benzene rings is 1. The number of rotatable bonds is 3. The fourth-order valence-corrected chi connectivity index (χ4v) is 2.67. The number of anilines is 1. The molecule has 0 radical (unpaired) electrons. The molecule has 0 spiro atoms. The molecular weight excluding hydrogens is 254 g/mol. The van der Waals surface area contributed by atoms with Crippen molar-refractivity contribution in [3.8, 4) is 11.4 Å². The van der Waals surface area contributed by atoms with Gasteiger partial charge in [-0.3, -0.25) is 0 Å². The van der Waals surface area contributed by atoms with E-state index in [-0.39, 0.29) is 0 Å². The molecule has 0 saturated carbocycles. The van der Waals surface area contributed by atoms with Crippen LogP contribution in [0.5, 0.6) is 0 Å². The van der Waals surface area contributed by atoms with E-state index in [0.29, 0.717) is 5.92 Å². The van der Waals surface area contributed by atoms with Crippen molar-refractivity contribution < 1.29 is 4.74 Å². The van der Waals surface area contributed by atoms with E-state index in [2.05, 4.69) is 21.6 Å². The molecule has 1 aliphatic heterocycles. The highest BCUT2D eigenvalue weighted by atomic mass is 16.5. The first-order chi connectivity index (χ1) is 9.72. The van der Waals surface area contributed by atoms with Crippen molar-refractivity contribution in [1.82, 2.24) is 20.2 Å². The van der Waals surface area contributed by atoms with Gasteiger partial charge in [0.2, 0.25) is 0 Å². The topological polar surface area (TPSA) is 78.9 Å². The molecule has 0 aliphatic carbocycles. The lowest BCUT2D eigenvalue weighted by atomic mass is 10.0. The Balaban J connectivity index is 1.85. The second kappa shape index (κ2) is 5.58. The summed E-state index contributed by atoms with van der Waals surface area (Å²) in [5.41, 5.74) is 8.70. The first-order valence-corrected chi connectivity index (χ1v) is 6.94. The van der Waals surface area contributed by atoms with E-state index in [1.165, 1.54) is 0 Å². The summed E-state index contributed by atoms with van der Waals surface area (Å²) in [6.45, 7) is 4.46. The van der Waals surface area contributed by atoms with Crippen LogP contribution in [0.2, 0.25) is 0 Å². The second-order valence-electron chi connectivity index (χ2n) is 5.40. The standard InChI is InChI=1S/C14H19N5O/c1-10-5-12(7-13(15)6-10)14-16-17-18-19(14)8-11-3-2-4-20-9-11/h5-7,11H,2-4,8-9,15H2,1H3. The highest BCUT2D eigenvalue weighted by molar-refractivity contribution is 5.62. The van der Waals surface area contributed by atoms with Gasteiger partial charge in [-0.2, -0.15) is 0 Å². The highest BCUT2D eigenvalue weighted by Crippen LogP contribution is 2.23. The van der Waals surface area contributed by atoms with Gasteiger partial charge in [-0.25, -0.2) is 4.68 Å². The summed E-state index contributed by atoms with van der Waals surface area (Å²) in [5.74, 6) is 1.25. The molecule has 2 N–H and O–H groups in total. The molecule has 20 heavy (non-hydrogen) atoms. The van der Waals surface area contributed by atoms with Crippen LogP contribution < -0.4 is 5.73 Å². The smallest absolute Gasteiger partial charge is 0.182 e. The molecule has 1 aromatic carbocycles. The van der Waals surface area contributed by atoms with Crippen LogP contribution in [0.1, 0.15) is 18.4 Å². The van der Waals surface area contributed by atoms with E-state index in [1.807, 2.05) is 23.7 Å². The number of aromatic nitrogens is 4. The Bertz CT molecular complexity index is 569. The van der Waals surface area contributed by atoms with Crippen molar-refractivity contribution >= 4 is 5.69 Å². The van der Waals surface area contributed by atoms with Crippen LogP contribution in [0.15, 0.2) is 18.2 Å². The SMILES string of the molecule is Cc1cc(N)cc(-c2nnnn2CC2CCCOC2)c1. The van der Waals surface area contributed by atoms with Gasteiger partial charge in [-0.15, -0.1) is 5.10 Å². The van der Waals surface area contributed by atoms with Gasteiger partial charge in [0.05, 0.1) is 13.2 Å². The van der Waals surface area contributed by atoms with E-state index in [9.17, 15) is 0 Å². The summed E-state index contributed by atoms with van der Waals surface area (Å²) in [5, 5.41) is 12.0. The van der Waals surface area contributed by atoms with Crippen LogP contribution in [-0.2, 0) is 11.3 Å². The second-order valence-corrected chi connectivity index (χ2v) is 5.40. The molecular formula is C14H19N5O. The largest absolute Gasteiger partial charge is 0.399 e. The molecule has 1 aliphatic rings. The summed E-state index contributed by atoms with van der Waals surface area (Å²) >= 11 is 0. The van der Waals surface area contributed by atoms with E-state index in [1.54, 1.807) is 0 Å². The fourth-order valence-electron chi connectivity index (χ4n) is 2.67. The summed E-state index contributed by atoms with van der Waals surface area (Å²) in [6.07, 6.45) is 2.27. The Morgan fingerprint density at radius 2 is 2.30 bits per heavy atom. The number of ether oxygens (including phenoxy) is 1. The monoisotopic (exact) mass is 273 g/mol. The van der Waals surface area contributed by atoms with Crippen molar-refractivity contribution in [2.45, 2.75) is 26.3 Å². The number of tetrazole rings is 1. The normalized spacial score (nSPS) is 19.1. The lowest BCUT2D eigenvalue weighted by molar-refractivity contribution is 0.0470. The molecule has 6 heteroatoms. The molecule has 1 unspecified atom stereocenters. The van der Waals surface area contributed by atoms with E-state index < -0.39 is 0 Å². The van der Waals surface area contributed by atoms with E-state index in [4.69, 9.17) is 10.5 Å². The van der Waals surface area contributed by atoms with Gasteiger partial charge in [0.1, 0.15) is 0 Å². The maximum atomic E-state index is 5.90. The van der Waals surface area contributed by atoms with Gasteiger partial charge in [0.15, 0.2) is 5.82 Å². The molecule has 2 aromatic rings. The van der Waals surface area contributed by atoms with Crippen LogP contribution in [0.4, 0.5) is 5.69 Å². The Labute approximate surface area is 117 Å². The number of nitrogen functional groups attached to an aromatic ring is 1. The maximum Gasteiger partial charge on any atom is 0.182 e. The Morgan fingerprint density at radius 1 is 1.40 bits per heavy atom. The average Bonchev–Trinajstić information content (AvgIpc) is 2.87. The van der Waals surface area contributed by atoms with E-state index in [0.717, 1.165) is 55.2 Å². The number of hydrogen-bond donors (Lipinski definition) is 1. The third-order valence-corrected chi connectivity index (χ3v) is 3.58. The van der Waals surface area contributed by atoms with Crippen LogP contribution >= 0.6 is 0 Å². The molecule has 106 valence electrons.